The third-order valence-electron chi connectivity index (χ3n) is 2.59. The Bertz CT molecular complexity index is 484. The molecule has 0 saturated heterocycles. The molecule has 2 rings (SSSR count). The first-order chi connectivity index (χ1) is 8.85. The number of nitrogens with two attached hydrogens (primary N) is 1. The minimum Gasteiger partial charge on any atom is -0.369 e. The molecular formula is C11H16N6S. The zero-order valence-corrected chi connectivity index (χ0v) is 11.0. The quantitative estimate of drug-likeness (QED) is 0.540. The number of thiazole rings is 1. The monoisotopic (exact) mass is 264 g/mol. The molecule has 6 nitrogen and oxygen atoms in total. The van der Waals surface area contributed by atoms with Crippen LogP contribution in [0, 0.1) is 0 Å². The van der Waals surface area contributed by atoms with E-state index in [1.165, 1.54) is 6.33 Å². The summed E-state index contributed by atoms with van der Waals surface area (Å²) in [5.74, 6) is 6.92. The number of nitrogens with zero attached hydrogens (tertiary/aromatic N) is 3. The van der Waals surface area contributed by atoms with Crippen molar-refractivity contribution < 1.29 is 0 Å². The van der Waals surface area contributed by atoms with Gasteiger partial charge in [-0.05, 0) is 6.42 Å². The first kappa shape index (κ1) is 12.7. The fraction of sp³-hybridized carbons (Fsp3) is 0.364. The molecule has 0 aliphatic carbocycles. The SMILES string of the molecule is CCc1c(NN)ncnc1NCCc1cscn1. The van der Waals surface area contributed by atoms with Crippen molar-refractivity contribution in [2.24, 2.45) is 5.84 Å². The van der Waals surface area contributed by atoms with Crippen molar-refractivity contribution in [1.29, 1.82) is 0 Å². The smallest absolute Gasteiger partial charge is 0.148 e. The van der Waals surface area contributed by atoms with E-state index in [1.54, 1.807) is 11.3 Å². The van der Waals surface area contributed by atoms with Gasteiger partial charge in [0.15, 0.2) is 0 Å². The van der Waals surface area contributed by atoms with Gasteiger partial charge in [0.1, 0.15) is 18.0 Å². The Morgan fingerprint density at radius 1 is 1.28 bits per heavy atom. The second-order valence-electron chi connectivity index (χ2n) is 3.70. The number of anilines is 2. The molecular weight excluding hydrogens is 248 g/mol. The standard InChI is InChI=1S/C11H16N6S/c1-2-9-10(14-6-15-11(9)17-12)13-4-3-8-5-18-7-16-8/h5-7H,2-4,12H2,1H3,(H2,13,14,15,17). The molecule has 0 spiro atoms. The molecule has 4 N–H and O–H groups in total. The van der Waals surface area contributed by atoms with Gasteiger partial charge in [-0.25, -0.2) is 20.8 Å². The Hall–Kier alpha value is -1.73. The van der Waals surface area contributed by atoms with Crippen molar-refractivity contribution in [1.82, 2.24) is 15.0 Å². The van der Waals surface area contributed by atoms with E-state index in [9.17, 15) is 0 Å². The van der Waals surface area contributed by atoms with E-state index in [4.69, 9.17) is 5.84 Å². The van der Waals surface area contributed by atoms with Gasteiger partial charge in [-0.15, -0.1) is 11.3 Å². The van der Waals surface area contributed by atoms with Gasteiger partial charge < -0.3 is 10.7 Å². The predicted molar refractivity (Wildman–Crippen MR) is 73.5 cm³/mol. The number of nitrogen functional groups attached to an aromatic ring is 1. The van der Waals surface area contributed by atoms with Crippen LogP contribution in [-0.4, -0.2) is 21.5 Å². The molecule has 0 unspecified atom stereocenters. The molecule has 2 aromatic rings. The Morgan fingerprint density at radius 2 is 2.11 bits per heavy atom. The molecule has 0 bridgehead atoms. The highest BCUT2D eigenvalue weighted by atomic mass is 32.1. The Labute approximate surface area is 110 Å². The molecule has 0 aliphatic rings. The van der Waals surface area contributed by atoms with Crippen molar-refractivity contribution in [3.8, 4) is 0 Å². The van der Waals surface area contributed by atoms with Crippen LogP contribution in [0.2, 0.25) is 0 Å². The first-order valence-corrected chi connectivity index (χ1v) is 6.70. The van der Waals surface area contributed by atoms with Crippen molar-refractivity contribution >= 4 is 23.0 Å². The molecule has 0 atom stereocenters. The largest absolute Gasteiger partial charge is 0.369 e. The lowest BCUT2D eigenvalue weighted by atomic mass is 10.2. The third-order valence-corrected chi connectivity index (χ3v) is 3.23. The summed E-state index contributed by atoms with van der Waals surface area (Å²) in [6.45, 7) is 2.84. The van der Waals surface area contributed by atoms with Crippen molar-refractivity contribution in [2.75, 3.05) is 17.3 Å². The second kappa shape index (κ2) is 6.27. The minimum absolute atomic E-state index is 0.670. The van der Waals surface area contributed by atoms with E-state index in [0.717, 1.165) is 36.5 Å². The van der Waals surface area contributed by atoms with Crippen LogP contribution in [0.1, 0.15) is 18.2 Å². The van der Waals surface area contributed by atoms with Crippen LogP contribution >= 0.6 is 11.3 Å². The number of hydrogen-bond acceptors (Lipinski definition) is 7. The molecule has 0 aromatic carbocycles. The van der Waals surface area contributed by atoms with Crippen LogP contribution in [0.5, 0.6) is 0 Å². The van der Waals surface area contributed by atoms with E-state index in [1.807, 2.05) is 12.4 Å². The van der Waals surface area contributed by atoms with Crippen LogP contribution in [0.3, 0.4) is 0 Å². The summed E-state index contributed by atoms with van der Waals surface area (Å²) < 4.78 is 0. The highest BCUT2D eigenvalue weighted by Crippen LogP contribution is 2.19. The van der Waals surface area contributed by atoms with E-state index >= 15 is 0 Å². The highest BCUT2D eigenvalue weighted by Gasteiger charge is 2.08. The summed E-state index contributed by atoms with van der Waals surface area (Å²) in [6, 6.07) is 0. The van der Waals surface area contributed by atoms with Crippen LogP contribution in [0.25, 0.3) is 0 Å². The molecule has 7 heteroatoms. The molecule has 0 fully saturated rings. The fourth-order valence-electron chi connectivity index (χ4n) is 1.69. The van der Waals surface area contributed by atoms with E-state index in [2.05, 4.69) is 31.1 Å². The van der Waals surface area contributed by atoms with Crippen LogP contribution in [-0.2, 0) is 12.8 Å². The van der Waals surface area contributed by atoms with E-state index in [-0.39, 0.29) is 0 Å². The number of hydrogen-bond donors (Lipinski definition) is 3. The Morgan fingerprint density at radius 3 is 2.78 bits per heavy atom. The lowest BCUT2D eigenvalue weighted by Gasteiger charge is -2.12. The van der Waals surface area contributed by atoms with Gasteiger partial charge in [0.05, 0.1) is 11.2 Å². The summed E-state index contributed by atoms with van der Waals surface area (Å²) in [5.41, 5.74) is 6.52. The number of rotatable bonds is 6. The molecule has 96 valence electrons. The van der Waals surface area contributed by atoms with Crippen LogP contribution in [0.15, 0.2) is 17.2 Å². The summed E-state index contributed by atoms with van der Waals surface area (Å²) in [7, 11) is 0. The zero-order chi connectivity index (χ0) is 12.8. The van der Waals surface area contributed by atoms with Gasteiger partial charge in [0.25, 0.3) is 0 Å². The molecule has 18 heavy (non-hydrogen) atoms. The zero-order valence-electron chi connectivity index (χ0n) is 10.2. The molecule has 0 saturated carbocycles. The summed E-state index contributed by atoms with van der Waals surface area (Å²) in [5, 5.41) is 5.35. The third kappa shape index (κ3) is 2.93. The molecule has 2 aromatic heterocycles. The normalized spacial score (nSPS) is 10.3. The maximum absolute atomic E-state index is 5.42. The van der Waals surface area contributed by atoms with Gasteiger partial charge in [0, 0.05) is 23.9 Å². The maximum atomic E-state index is 5.42. The average molecular weight is 264 g/mol. The van der Waals surface area contributed by atoms with Crippen LogP contribution < -0.4 is 16.6 Å². The van der Waals surface area contributed by atoms with E-state index < -0.39 is 0 Å². The molecule has 0 amide bonds. The fourth-order valence-corrected chi connectivity index (χ4v) is 2.29. The molecule has 0 radical (unpaired) electrons. The van der Waals surface area contributed by atoms with Gasteiger partial charge in [-0.1, -0.05) is 6.92 Å². The molecule has 2 heterocycles. The summed E-state index contributed by atoms with van der Waals surface area (Å²) in [6.07, 6.45) is 3.20. The van der Waals surface area contributed by atoms with Crippen molar-refractivity contribution in [3.63, 3.8) is 0 Å². The van der Waals surface area contributed by atoms with Crippen molar-refractivity contribution in [2.45, 2.75) is 19.8 Å². The minimum atomic E-state index is 0.670. The summed E-state index contributed by atoms with van der Waals surface area (Å²) in [4.78, 5) is 12.6. The molecule has 0 aliphatic heterocycles. The van der Waals surface area contributed by atoms with E-state index in [0.29, 0.717) is 5.82 Å². The lowest BCUT2D eigenvalue weighted by Crippen LogP contribution is -2.15. The number of aromatic nitrogens is 3. The van der Waals surface area contributed by atoms with Crippen molar-refractivity contribution in [3.05, 3.63) is 28.5 Å². The Balaban J connectivity index is 2.00. The van der Waals surface area contributed by atoms with Crippen LogP contribution in [0.4, 0.5) is 11.6 Å². The highest BCUT2D eigenvalue weighted by molar-refractivity contribution is 7.07. The number of hydrazine groups is 1. The number of nitrogens with one attached hydrogen (secondary N) is 2. The average Bonchev–Trinajstić information content (AvgIpc) is 2.91. The maximum Gasteiger partial charge on any atom is 0.148 e. The topological polar surface area (TPSA) is 88.8 Å². The second-order valence-corrected chi connectivity index (χ2v) is 4.42. The first-order valence-electron chi connectivity index (χ1n) is 5.76. The van der Waals surface area contributed by atoms with Gasteiger partial charge in [0.2, 0.25) is 0 Å². The summed E-state index contributed by atoms with van der Waals surface area (Å²) >= 11 is 1.61. The van der Waals surface area contributed by atoms with Gasteiger partial charge in [-0.2, -0.15) is 0 Å². The van der Waals surface area contributed by atoms with Gasteiger partial charge >= 0.3 is 0 Å². The van der Waals surface area contributed by atoms with Gasteiger partial charge in [-0.3, -0.25) is 0 Å². The predicted octanol–water partition coefficient (Wildman–Crippen LogP) is 1.44. The Kier molecular flexibility index (Phi) is 4.43. The lowest BCUT2D eigenvalue weighted by molar-refractivity contribution is 0.948.